The van der Waals surface area contributed by atoms with E-state index in [0.717, 1.165) is 5.56 Å². The van der Waals surface area contributed by atoms with Crippen molar-refractivity contribution < 1.29 is 39.2 Å². The summed E-state index contributed by atoms with van der Waals surface area (Å²) in [5, 5.41) is 31.1. The van der Waals surface area contributed by atoms with Crippen LogP contribution in [0, 0.1) is 0 Å². The fraction of sp³-hybridized carbons (Fsp3) is 0.185. The molecule has 0 spiro atoms. The summed E-state index contributed by atoms with van der Waals surface area (Å²) >= 11 is 0. The topological polar surface area (TPSA) is 162 Å². The highest BCUT2D eigenvalue weighted by Crippen LogP contribution is 2.03. The van der Waals surface area contributed by atoms with Crippen LogP contribution in [-0.2, 0) is 20.9 Å². The van der Waals surface area contributed by atoms with Crippen molar-refractivity contribution >= 4 is 23.8 Å². The monoisotopic (exact) mass is 508 g/mol. The number of amides is 2. The lowest BCUT2D eigenvalue weighted by Crippen LogP contribution is -2.44. The standard InChI is InChI=1S/C17H17NO4.C10H11NO4/c19-16(14-9-5-2-6-10-14)18-15(17(20)21)12-22-11-13-7-3-1-4-8-13;12-6-8(10(14)15)11-9(13)7-4-2-1-3-5-7/h1-10,15H,11-12H2,(H,18,19)(H,20,21);1-5,8,12H,6H2,(H,11,13)(H,14,15)/t15-;8-/m11/s1. The number of nitrogens with one attached hydrogen (secondary N) is 2. The van der Waals surface area contributed by atoms with E-state index in [1.165, 1.54) is 0 Å². The average molecular weight is 509 g/mol. The molecule has 37 heavy (non-hydrogen) atoms. The van der Waals surface area contributed by atoms with Gasteiger partial charge in [-0.25, -0.2) is 9.59 Å². The van der Waals surface area contributed by atoms with E-state index in [0.29, 0.717) is 17.7 Å². The molecule has 10 nitrogen and oxygen atoms in total. The summed E-state index contributed by atoms with van der Waals surface area (Å²) in [6.45, 7) is -0.428. The second kappa shape index (κ2) is 15.5. The van der Waals surface area contributed by atoms with Crippen LogP contribution in [0.1, 0.15) is 26.3 Å². The summed E-state index contributed by atoms with van der Waals surface area (Å²) in [6, 6.07) is 23.8. The van der Waals surface area contributed by atoms with Crippen LogP contribution >= 0.6 is 0 Å². The SMILES string of the molecule is O=C(N[C@H](CO)C(=O)O)c1ccccc1.O=C(N[C@H](COCc1ccccc1)C(=O)O)c1ccccc1. The molecule has 0 unspecified atom stereocenters. The van der Waals surface area contributed by atoms with E-state index in [1.54, 1.807) is 60.7 Å². The van der Waals surface area contributed by atoms with Crippen LogP contribution in [0.4, 0.5) is 0 Å². The fourth-order valence-electron chi connectivity index (χ4n) is 2.89. The predicted molar refractivity (Wildman–Crippen MR) is 134 cm³/mol. The number of hydrogen-bond acceptors (Lipinski definition) is 6. The minimum absolute atomic E-state index is 0.0944. The number of aliphatic carboxylic acids is 2. The lowest BCUT2D eigenvalue weighted by molar-refractivity contribution is -0.141. The lowest BCUT2D eigenvalue weighted by Gasteiger charge is -2.15. The molecule has 0 saturated carbocycles. The fourth-order valence-corrected chi connectivity index (χ4v) is 2.89. The molecule has 0 bridgehead atoms. The van der Waals surface area contributed by atoms with Gasteiger partial charge in [0.1, 0.15) is 0 Å². The van der Waals surface area contributed by atoms with Gasteiger partial charge in [0, 0.05) is 11.1 Å². The maximum atomic E-state index is 12.0. The van der Waals surface area contributed by atoms with Crippen molar-refractivity contribution in [3.63, 3.8) is 0 Å². The zero-order valence-electron chi connectivity index (χ0n) is 19.8. The van der Waals surface area contributed by atoms with Crippen molar-refractivity contribution in [1.82, 2.24) is 10.6 Å². The first kappa shape index (κ1) is 28.7. The molecule has 0 aliphatic rings. The molecule has 5 N–H and O–H groups in total. The highest BCUT2D eigenvalue weighted by Gasteiger charge is 2.21. The van der Waals surface area contributed by atoms with E-state index in [2.05, 4.69) is 10.6 Å². The molecule has 0 aromatic heterocycles. The number of carboxylic acids is 2. The largest absolute Gasteiger partial charge is 0.480 e. The number of ether oxygens (including phenoxy) is 1. The molecule has 2 atom stereocenters. The van der Waals surface area contributed by atoms with Gasteiger partial charge in [0.25, 0.3) is 11.8 Å². The molecule has 0 aliphatic carbocycles. The van der Waals surface area contributed by atoms with E-state index in [9.17, 15) is 24.3 Å². The third-order valence-corrected chi connectivity index (χ3v) is 4.86. The third kappa shape index (κ3) is 10.3. The molecule has 3 aromatic rings. The van der Waals surface area contributed by atoms with Crippen LogP contribution in [0.3, 0.4) is 0 Å². The predicted octanol–water partition coefficient (Wildman–Crippen LogP) is 1.95. The number of benzene rings is 3. The van der Waals surface area contributed by atoms with Gasteiger partial charge in [0.15, 0.2) is 12.1 Å². The quantitative estimate of drug-likeness (QED) is 0.262. The van der Waals surface area contributed by atoms with Gasteiger partial charge in [-0.1, -0.05) is 66.7 Å². The Morgan fingerprint density at radius 1 is 0.649 bits per heavy atom. The molecular formula is C27H28N2O8. The van der Waals surface area contributed by atoms with Crippen molar-refractivity contribution in [2.45, 2.75) is 18.7 Å². The first-order valence-corrected chi connectivity index (χ1v) is 11.2. The Labute approximate surface area is 213 Å². The number of rotatable bonds is 11. The van der Waals surface area contributed by atoms with Gasteiger partial charge in [-0.15, -0.1) is 0 Å². The Kier molecular flexibility index (Phi) is 12.0. The van der Waals surface area contributed by atoms with Crippen molar-refractivity contribution in [3.05, 3.63) is 108 Å². The van der Waals surface area contributed by atoms with E-state index in [-0.39, 0.29) is 6.61 Å². The van der Waals surface area contributed by atoms with Crippen LogP contribution < -0.4 is 10.6 Å². The Bertz CT molecular complexity index is 1140. The molecular weight excluding hydrogens is 480 g/mol. The Balaban J connectivity index is 0.000000281. The van der Waals surface area contributed by atoms with E-state index in [4.69, 9.17) is 14.9 Å². The van der Waals surface area contributed by atoms with Crippen molar-refractivity contribution in [3.8, 4) is 0 Å². The molecule has 3 rings (SSSR count). The summed E-state index contributed by atoms with van der Waals surface area (Å²) in [5.41, 5.74) is 1.72. The summed E-state index contributed by atoms with van der Waals surface area (Å²) in [5.74, 6) is -3.34. The first-order chi connectivity index (χ1) is 17.8. The normalized spacial score (nSPS) is 11.7. The highest BCUT2D eigenvalue weighted by atomic mass is 16.5. The number of carboxylic acid groups (broad SMARTS) is 2. The number of aliphatic hydroxyl groups is 1. The maximum Gasteiger partial charge on any atom is 0.328 e. The van der Waals surface area contributed by atoms with Crippen molar-refractivity contribution in [2.24, 2.45) is 0 Å². The second-order valence-electron chi connectivity index (χ2n) is 7.64. The summed E-state index contributed by atoms with van der Waals surface area (Å²) < 4.78 is 5.38. The summed E-state index contributed by atoms with van der Waals surface area (Å²) in [6.07, 6.45) is 0. The number of aliphatic hydroxyl groups excluding tert-OH is 1. The van der Waals surface area contributed by atoms with Crippen molar-refractivity contribution in [2.75, 3.05) is 13.2 Å². The molecule has 0 aliphatic heterocycles. The highest BCUT2D eigenvalue weighted by molar-refractivity contribution is 5.97. The van der Waals surface area contributed by atoms with Crippen LogP contribution in [0.5, 0.6) is 0 Å². The Hall–Kier alpha value is -4.54. The average Bonchev–Trinajstić information content (AvgIpc) is 2.92. The molecule has 0 heterocycles. The molecule has 0 fully saturated rings. The minimum atomic E-state index is -1.27. The van der Waals surface area contributed by atoms with Gasteiger partial charge in [-0.05, 0) is 29.8 Å². The smallest absolute Gasteiger partial charge is 0.328 e. The van der Waals surface area contributed by atoms with Gasteiger partial charge in [0.05, 0.1) is 19.8 Å². The zero-order chi connectivity index (χ0) is 27.0. The number of carbonyl (C=O) groups is 4. The van der Waals surface area contributed by atoms with Gasteiger partial charge in [-0.2, -0.15) is 0 Å². The van der Waals surface area contributed by atoms with Gasteiger partial charge < -0.3 is 30.7 Å². The zero-order valence-corrected chi connectivity index (χ0v) is 19.8. The second-order valence-corrected chi connectivity index (χ2v) is 7.64. The van der Waals surface area contributed by atoms with Gasteiger partial charge >= 0.3 is 11.9 Å². The summed E-state index contributed by atoms with van der Waals surface area (Å²) in [4.78, 5) is 45.1. The molecule has 0 saturated heterocycles. The van der Waals surface area contributed by atoms with Gasteiger partial charge in [-0.3, -0.25) is 9.59 Å². The van der Waals surface area contributed by atoms with E-state index >= 15 is 0 Å². The lowest BCUT2D eigenvalue weighted by atomic mass is 10.2. The first-order valence-electron chi connectivity index (χ1n) is 11.2. The van der Waals surface area contributed by atoms with E-state index in [1.807, 2.05) is 30.3 Å². The number of carbonyl (C=O) groups excluding carboxylic acids is 2. The van der Waals surface area contributed by atoms with Crippen molar-refractivity contribution in [1.29, 1.82) is 0 Å². The van der Waals surface area contributed by atoms with Gasteiger partial charge in [0.2, 0.25) is 0 Å². The van der Waals surface area contributed by atoms with Crippen LogP contribution in [-0.4, -0.2) is 64.4 Å². The Morgan fingerprint density at radius 2 is 1.05 bits per heavy atom. The minimum Gasteiger partial charge on any atom is -0.480 e. The van der Waals surface area contributed by atoms with Crippen LogP contribution in [0.2, 0.25) is 0 Å². The maximum absolute atomic E-state index is 12.0. The Morgan fingerprint density at radius 3 is 1.46 bits per heavy atom. The molecule has 194 valence electrons. The summed E-state index contributed by atoms with van der Waals surface area (Å²) in [7, 11) is 0. The van der Waals surface area contributed by atoms with E-state index < -0.39 is 42.4 Å². The third-order valence-electron chi connectivity index (χ3n) is 4.86. The van der Waals surface area contributed by atoms with Crippen LogP contribution in [0.25, 0.3) is 0 Å². The molecule has 0 radical (unpaired) electrons. The number of hydrogen-bond donors (Lipinski definition) is 5. The van der Waals surface area contributed by atoms with Crippen LogP contribution in [0.15, 0.2) is 91.0 Å². The molecule has 10 heteroatoms. The molecule has 2 amide bonds. The molecule has 3 aromatic carbocycles.